The predicted octanol–water partition coefficient (Wildman–Crippen LogP) is 7.02. The van der Waals surface area contributed by atoms with E-state index in [0.717, 1.165) is 23.0 Å². The zero-order chi connectivity index (χ0) is 31.7. The van der Waals surface area contributed by atoms with Gasteiger partial charge in [-0.05, 0) is 151 Å². The van der Waals surface area contributed by atoms with Crippen LogP contribution in [0.15, 0.2) is 97.1 Å². The van der Waals surface area contributed by atoms with Crippen molar-refractivity contribution in [3.63, 3.8) is 0 Å². The van der Waals surface area contributed by atoms with Crippen molar-refractivity contribution < 1.29 is 9.47 Å². The Hall–Kier alpha value is -5.47. The lowest BCUT2D eigenvalue weighted by Crippen LogP contribution is -2.58. The molecular formula is C44H28B2O2. The number of benzene rings is 8. The first-order chi connectivity index (χ1) is 23.4. The van der Waals surface area contributed by atoms with Crippen molar-refractivity contribution in [3.05, 3.63) is 119 Å². The summed E-state index contributed by atoms with van der Waals surface area (Å²) in [5, 5.41) is 8.35. The lowest BCUT2D eigenvalue weighted by atomic mass is 9.32. The highest BCUT2D eigenvalue weighted by atomic mass is 16.5. The molecule has 0 saturated heterocycles. The Bertz CT molecular complexity index is 2650. The molecule has 48 heavy (non-hydrogen) atoms. The molecule has 0 atom stereocenters. The average molecular weight is 610 g/mol. The molecule has 4 aliphatic rings. The third-order valence-corrected chi connectivity index (χ3v) is 11.8. The third-order valence-electron chi connectivity index (χ3n) is 11.8. The fraction of sp³-hybridized carbons (Fsp3) is 0.0909. The summed E-state index contributed by atoms with van der Waals surface area (Å²) < 4.78 is 13.3. The molecule has 8 aromatic carbocycles. The van der Waals surface area contributed by atoms with Crippen LogP contribution in [0.25, 0.3) is 54.6 Å². The second kappa shape index (κ2) is 8.32. The third kappa shape index (κ3) is 2.87. The molecule has 0 bridgehead atoms. The molecule has 0 N–H and O–H groups in total. The molecule has 4 heterocycles. The van der Waals surface area contributed by atoms with Crippen molar-refractivity contribution in [1.82, 2.24) is 0 Å². The lowest BCUT2D eigenvalue weighted by molar-refractivity contribution is 0.487. The van der Waals surface area contributed by atoms with Crippen molar-refractivity contribution in [2.45, 2.75) is 27.7 Å². The van der Waals surface area contributed by atoms with E-state index in [1.165, 1.54) is 110 Å². The van der Waals surface area contributed by atoms with Gasteiger partial charge < -0.3 is 9.47 Å². The molecule has 0 spiro atoms. The molecule has 4 heteroatoms. The van der Waals surface area contributed by atoms with Crippen molar-refractivity contribution in [2.75, 3.05) is 0 Å². The molecule has 0 fully saturated rings. The Morgan fingerprint density at radius 2 is 0.833 bits per heavy atom. The fourth-order valence-electron chi connectivity index (χ4n) is 10.0. The standard InChI is InChI=1S/C44H28B2O2/c1-21-13-29-27-17-23(3)25-20-34-40-28(30-14-22(2)16-38-44(30)46(34)32-10-6-8-12-36(32)48-38)18-24(4)26-19-33(39(27)41(25)42(26)40)45-31-9-5-7-11-35(31)47-37(15-21)43(29)45/h5-20H,1-4H3. The minimum atomic E-state index is 0.113. The van der Waals surface area contributed by atoms with Crippen molar-refractivity contribution >= 4 is 78.5 Å². The van der Waals surface area contributed by atoms with Crippen LogP contribution in [-0.2, 0) is 0 Å². The summed E-state index contributed by atoms with van der Waals surface area (Å²) in [6.45, 7) is 9.24. The summed E-state index contributed by atoms with van der Waals surface area (Å²) in [4.78, 5) is 0. The Balaban J connectivity index is 1.31. The molecule has 0 radical (unpaired) electrons. The highest BCUT2D eigenvalue weighted by molar-refractivity contribution is 7.01. The van der Waals surface area contributed by atoms with Gasteiger partial charge in [0.25, 0.3) is 13.4 Å². The smallest absolute Gasteiger partial charge is 0.252 e. The zero-order valence-electron chi connectivity index (χ0n) is 27.2. The normalized spacial score (nSPS) is 14.1. The number of hydrogen-bond acceptors (Lipinski definition) is 2. The largest absolute Gasteiger partial charge is 0.458 e. The van der Waals surface area contributed by atoms with Crippen LogP contribution in [0.5, 0.6) is 23.0 Å². The predicted molar refractivity (Wildman–Crippen MR) is 202 cm³/mol. The van der Waals surface area contributed by atoms with E-state index in [4.69, 9.17) is 9.47 Å². The van der Waals surface area contributed by atoms with E-state index >= 15 is 0 Å². The quantitative estimate of drug-likeness (QED) is 0.136. The van der Waals surface area contributed by atoms with Gasteiger partial charge in [0.05, 0.1) is 0 Å². The maximum absolute atomic E-state index is 6.65. The van der Waals surface area contributed by atoms with Crippen LogP contribution in [-0.4, -0.2) is 13.4 Å². The summed E-state index contributed by atoms with van der Waals surface area (Å²) in [5.74, 6) is 3.92. The minimum absolute atomic E-state index is 0.113. The van der Waals surface area contributed by atoms with Crippen LogP contribution in [0.4, 0.5) is 0 Å². The van der Waals surface area contributed by atoms with Crippen molar-refractivity contribution in [3.8, 4) is 45.3 Å². The number of para-hydroxylation sites is 2. The fourth-order valence-corrected chi connectivity index (χ4v) is 10.0. The highest BCUT2D eigenvalue weighted by Crippen LogP contribution is 2.48. The number of fused-ring (bicyclic) bond motifs is 8. The first-order valence-electron chi connectivity index (χ1n) is 17.1. The van der Waals surface area contributed by atoms with E-state index in [9.17, 15) is 0 Å². The van der Waals surface area contributed by atoms with E-state index in [-0.39, 0.29) is 13.4 Å². The van der Waals surface area contributed by atoms with Crippen LogP contribution in [0.3, 0.4) is 0 Å². The topological polar surface area (TPSA) is 18.5 Å². The molecule has 0 unspecified atom stereocenters. The number of aryl methyl sites for hydroxylation is 4. The highest BCUT2D eigenvalue weighted by Gasteiger charge is 2.43. The van der Waals surface area contributed by atoms with E-state index in [0.29, 0.717) is 0 Å². The Labute approximate surface area is 279 Å². The maximum atomic E-state index is 6.65. The van der Waals surface area contributed by atoms with Gasteiger partial charge in [-0.1, -0.05) is 83.7 Å². The van der Waals surface area contributed by atoms with Gasteiger partial charge in [0.2, 0.25) is 0 Å². The molecular weight excluding hydrogens is 582 g/mol. The second-order valence-electron chi connectivity index (χ2n) is 14.6. The van der Waals surface area contributed by atoms with E-state index in [1.807, 2.05) is 0 Å². The van der Waals surface area contributed by atoms with Crippen LogP contribution < -0.4 is 42.3 Å². The second-order valence-corrected chi connectivity index (χ2v) is 14.6. The molecule has 8 aromatic rings. The summed E-state index contributed by atoms with van der Waals surface area (Å²) in [7, 11) is 0. The van der Waals surface area contributed by atoms with Gasteiger partial charge in [0, 0.05) is 0 Å². The van der Waals surface area contributed by atoms with E-state index in [2.05, 4.69) is 125 Å². The van der Waals surface area contributed by atoms with Crippen molar-refractivity contribution in [2.24, 2.45) is 0 Å². The molecule has 0 aromatic heterocycles. The lowest BCUT2D eigenvalue weighted by Gasteiger charge is -2.37. The molecule has 12 rings (SSSR count). The average Bonchev–Trinajstić information content (AvgIpc) is 3.08. The molecule has 0 aliphatic carbocycles. The minimum Gasteiger partial charge on any atom is -0.458 e. The zero-order valence-corrected chi connectivity index (χ0v) is 27.2. The SMILES string of the molecule is Cc1cc2c3c(c1)-c1cc(C)c4cc5c6c(cc(C)c7cc(c1c4c76)B3c1ccccc1O2)-c1cc(C)cc2c1B5c1ccccc1O2. The van der Waals surface area contributed by atoms with Crippen LogP contribution in [0.1, 0.15) is 22.3 Å². The Kier molecular flexibility index (Phi) is 4.44. The van der Waals surface area contributed by atoms with Gasteiger partial charge in [-0.25, -0.2) is 0 Å². The molecule has 2 nitrogen and oxygen atoms in total. The summed E-state index contributed by atoms with van der Waals surface area (Å²) in [5.41, 5.74) is 18.3. The molecule has 4 aliphatic heterocycles. The summed E-state index contributed by atoms with van der Waals surface area (Å²) in [6.07, 6.45) is 0. The Morgan fingerprint density at radius 3 is 1.29 bits per heavy atom. The van der Waals surface area contributed by atoms with Gasteiger partial charge >= 0.3 is 0 Å². The summed E-state index contributed by atoms with van der Waals surface area (Å²) >= 11 is 0. The number of ether oxygens (including phenoxy) is 2. The van der Waals surface area contributed by atoms with Gasteiger partial charge in [-0.3, -0.25) is 0 Å². The van der Waals surface area contributed by atoms with Crippen LogP contribution in [0.2, 0.25) is 0 Å². The monoisotopic (exact) mass is 610 g/mol. The van der Waals surface area contributed by atoms with E-state index in [1.54, 1.807) is 0 Å². The van der Waals surface area contributed by atoms with Crippen molar-refractivity contribution in [1.29, 1.82) is 0 Å². The maximum Gasteiger partial charge on any atom is 0.252 e. The number of hydrogen-bond donors (Lipinski definition) is 0. The van der Waals surface area contributed by atoms with E-state index < -0.39 is 0 Å². The van der Waals surface area contributed by atoms with Crippen LogP contribution >= 0.6 is 0 Å². The van der Waals surface area contributed by atoms with Gasteiger partial charge in [-0.2, -0.15) is 0 Å². The first kappa shape index (κ1) is 25.6. The molecule has 0 saturated carbocycles. The van der Waals surface area contributed by atoms with Gasteiger partial charge in [0.1, 0.15) is 23.0 Å². The Morgan fingerprint density at radius 1 is 0.396 bits per heavy atom. The molecule has 222 valence electrons. The molecule has 0 amide bonds. The van der Waals surface area contributed by atoms with Gasteiger partial charge in [0.15, 0.2) is 0 Å². The van der Waals surface area contributed by atoms with Crippen LogP contribution in [0, 0.1) is 27.7 Å². The summed E-state index contributed by atoms with van der Waals surface area (Å²) in [6, 6.07) is 36.6. The first-order valence-corrected chi connectivity index (χ1v) is 17.1. The number of rotatable bonds is 0. The van der Waals surface area contributed by atoms with Gasteiger partial charge in [-0.15, -0.1) is 0 Å².